The van der Waals surface area contributed by atoms with E-state index in [9.17, 15) is 27.9 Å². The van der Waals surface area contributed by atoms with E-state index in [0.717, 1.165) is 27.9 Å². The summed E-state index contributed by atoms with van der Waals surface area (Å²) in [6, 6.07) is 13.4. The van der Waals surface area contributed by atoms with Gasteiger partial charge in [0.1, 0.15) is 30.0 Å². The van der Waals surface area contributed by atoms with E-state index < -0.39 is 57.9 Å². The van der Waals surface area contributed by atoms with Crippen molar-refractivity contribution < 1.29 is 37.4 Å². The van der Waals surface area contributed by atoms with E-state index in [2.05, 4.69) is 30.6 Å². The molecule has 18 heteroatoms. The summed E-state index contributed by atoms with van der Waals surface area (Å²) >= 11 is 0. The standard InChI is InChI=1S/C42H55N9O8S/c1-24(2)35(47-41(54)58-7)39(52)50-19-9-10-33(50)37-43-20-31(45-37)29-15-11-27(12-16-29)28-13-17-30(18-14-28)32-21-44-38(46-32)34-22-49(60(56,57)26(5)6)23-51(34)40(53)36(25(3)4)48-42(55)59-8/h9-18,20-21,24-26,33-36,40,53H,19,22-23H2,1-8H3,(H,43,45)(H,44,46)(H,47,54)(H,48,55)/t33-,34-,35-,36-,40?/m0/s1. The van der Waals surface area contributed by atoms with Crippen molar-refractivity contribution in [1.82, 2.24) is 44.7 Å². The lowest BCUT2D eigenvalue weighted by Gasteiger charge is -2.35. The third-order valence-electron chi connectivity index (χ3n) is 11.0. The Morgan fingerprint density at radius 1 is 0.783 bits per heavy atom. The second-order valence-corrected chi connectivity index (χ2v) is 18.4. The molecule has 1 unspecified atom stereocenters. The van der Waals surface area contributed by atoms with E-state index in [-0.39, 0.29) is 31.0 Å². The van der Waals surface area contributed by atoms with Crippen molar-refractivity contribution in [2.24, 2.45) is 11.8 Å². The Hall–Kier alpha value is -5.56. The summed E-state index contributed by atoms with van der Waals surface area (Å²) in [6.07, 6.45) is 4.65. The fourth-order valence-corrected chi connectivity index (χ4v) is 8.69. The number of amides is 3. The lowest BCUT2D eigenvalue weighted by Crippen LogP contribution is -2.54. The fraction of sp³-hybridized carbons (Fsp3) is 0.452. The van der Waals surface area contributed by atoms with Crippen LogP contribution in [0.4, 0.5) is 9.59 Å². The Bertz CT molecular complexity index is 2270. The number of hydrogen-bond donors (Lipinski definition) is 5. The maximum absolute atomic E-state index is 13.5. The molecule has 17 nitrogen and oxygen atoms in total. The third-order valence-corrected chi connectivity index (χ3v) is 13.2. The first kappa shape index (κ1) is 44.0. The molecule has 4 aromatic rings. The SMILES string of the molecule is COC(=O)N[C@@H](C(C)C)C(O)N1CN(S(=O)(=O)C(C)C)C[C@H]1c1ncc(-c2ccc(-c3ccc(-c4cnc([C@@H]5C=CCN5C(=O)[C@@H](NC(=O)OC)C(C)C)[nH]4)cc3)cc2)[nH]1. The maximum Gasteiger partial charge on any atom is 0.407 e. The second kappa shape index (κ2) is 18.4. The number of carbonyl (C=O) groups excluding carboxylic acids is 3. The monoisotopic (exact) mass is 845 g/mol. The minimum Gasteiger partial charge on any atom is -0.453 e. The molecule has 4 heterocycles. The summed E-state index contributed by atoms with van der Waals surface area (Å²) in [6.45, 7) is 11.0. The van der Waals surface area contributed by atoms with E-state index >= 15 is 0 Å². The van der Waals surface area contributed by atoms with Gasteiger partial charge in [-0.1, -0.05) is 88.4 Å². The number of nitrogens with one attached hydrogen (secondary N) is 4. The number of alkyl carbamates (subject to hydrolysis) is 2. The Labute approximate surface area is 350 Å². The molecule has 0 bridgehead atoms. The van der Waals surface area contributed by atoms with Crippen LogP contribution in [0.1, 0.15) is 65.3 Å². The van der Waals surface area contributed by atoms with Gasteiger partial charge in [0.25, 0.3) is 0 Å². The van der Waals surface area contributed by atoms with Crippen LogP contribution in [-0.4, -0.2) is 123 Å². The largest absolute Gasteiger partial charge is 0.453 e. The smallest absolute Gasteiger partial charge is 0.407 e. The highest BCUT2D eigenvalue weighted by Crippen LogP contribution is 2.35. The molecule has 2 aliphatic heterocycles. The Morgan fingerprint density at radius 3 is 1.82 bits per heavy atom. The van der Waals surface area contributed by atoms with Crippen LogP contribution in [0.25, 0.3) is 33.6 Å². The molecule has 6 rings (SSSR count). The van der Waals surface area contributed by atoms with Crippen LogP contribution in [0.15, 0.2) is 73.1 Å². The zero-order valence-corrected chi connectivity index (χ0v) is 35.9. The van der Waals surface area contributed by atoms with E-state index in [1.165, 1.54) is 18.5 Å². The number of benzene rings is 2. The van der Waals surface area contributed by atoms with E-state index in [4.69, 9.17) is 9.47 Å². The molecular weight excluding hydrogens is 791 g/mol. The molecule has 0 saturated carbocycles. The first-order valence-corrected chi connectivity index (χ1v) is 21.4. The molecule has 0 aliphatic carbocycles. The lowest BCUT2D eigenvalue weighted by molar-refractivity contribution is -0.135. The van der Waals surface area contributed by atoms with Gasteiger partial charge in [-0.15, -0.1) is 0 Å². The number of aromatic nitrogens is 4. The Kier molecular flexibility index (Phi) is 13.5. The number of H-pyrrole nitrogens is 2. The highest BCUT2D eigenvalue weighted by atomic mass is 32.2. The molecule has 2 aromatic carbocycles. The maximum atomic E-state index is 13.5. The molecule has 0 spiro atoms. The molecular formula is C42H55N9O8S. The van der Waals surface area contributed by atoms with Gasteiger partial charge in [0.05, 0.1) is 62.0 Å². The number of nitrogens with zero attached hydrogens (tertiary/aromatic N) is 5. The van der Waals surface area contributed by atoms with Gasteiger partial charge in [-0.05, 0) is 47.9 Å². The van der Waals surface area contributed by atoms with Crippen LogP contribution in [0.2, 0.25) is 0 Å². The third kappa shape index (κ3) is 9.26. The number of sulfonamides is 1. The van der Waals surface area contributed by atoms with Crippen molar-refractivity contribution in [3.63, 3.8) is 0 Å². The number of methoxy groups -OCH3 is 2. The Morgan fingerprint density at radius 2 is 1.30 bits per heavy atom. The molecule has 2 aliphatic rings. The number of rotatable bonds is 14. The van der Waals surface area contributed by atoms with Crippen molar-refractivity contribution in [2.75, 3.05) is 34.0 Å². The van der Waals surface area contributed by atoms with Crippen LogP contribution in [0, 0.1) is 11.8 Å². The second-order valence-electron chi connectivity index (χ2n) is 16.0. The molecule has 2 aromatic heterocycles. The highest BCUT2D eigenvalue weighted by Gasteiger charge is 2.45. The number of hydrogen-bond acceptors (Lipinski definition) is 11. The van der Waals surface area contributed by atoms with Crippen LogP contribution in [-0.2, 0) is 24.3 Å². The summed E-state index contributed by atoms with van der Waals surface area (Å²) in [4.78, 5) is 56.9. The van der Waals surface area contributed by atoms with Crippen LogP contribution < -0.4 is 10.6 Å². The van der Waals surface area contributed by atoms with Crippen LogP contribution >= 0.6 is 0 Å². The van der Waals surface area contributed by atoms with Gasteiger partial charge in [0.15, 0.2) is 0 Å². The first-order valence-electron chi connectivity index (χ1n) is 19.9. The normalized spacial score (nSPS) is 18.9. The number of aliphatic hydroxyl groups excluding tert-OH is 1. The van der Waals surface area contributed by atoms with Gasteiger partial charge in [0, 0.05) is 13.1 Å². The average Bonchev–Trinajstić information content (AvgIpc) is 4.07. The number of imidazole rings is 2. The van der Waals surface area contributed by atoms with Crippen LogP contribution in [0.5, 0.6) is 0 Å². The van der Waals surface area contributed by atoms with Crippen molar-refractivity contribution in [2.45, 2.75) is 77.2 Å². The lowest BCUT2D eigenvalue weighted by atomic mass is 10.0. The van der Waals surface area contributed by atoms with Gasteiger partial charge < -0.3 is 40.1 Å². The number of ether oxygens (including phenoxy) is 2. The van der Waals surface area contributed by atoms with Gasteiger partial charge >= 0.3 is 12.2 Å². The average molecular weight is 846 g/mol. The van der Waals surface area contributed by atoms with Crippen molar-refractivity contribution in [3.05, 3.63) is 84.7 Å². The molecule has 5 atom stereocenters. The zero-order valence-electron chi connectivity index (χ0n) is 35.1. The predicted molar refractivity (Wildman–Crippen MR) is 225 cm³/mol. The fourth-order valence-electron chi connectivity index (χ4n) is 7.45. The number of aliphatic hydroxyl groups is 1. The van der Waals surface area contributed by atoms with Crippen molar-refractivity contribution in [1.29, 1.82) is 0 Å². The summed E-state index contributed by atoms with van der Waals surface area (Å²) in [5.41, 5.74) is 5.26. The summed E-state index contributed by atoms with van der Waals surface area (Å²) in [5.74, 6) is 0.509. The minimum absolute atomic E-state index is 0.0625. The molecule has 322 valence electrons. The van der Waals surface area contributed by atoms with E-state index in [1.54, 1.807) is 36.0 Å². The predicted octanol–water partition coefficient (Wildman–Crippen LogP) is 5.01. The minimum atomic E-state index is -3.68. The van der Waals surface area contributed by atoms with E-state index in [1.807, 2.05) is 88.4 Å². The summed E-state index contributed by atoms with van der Waals surface area (Å²) in [7, 11) is -1.17. The topological polar surface area (TPSA) is 215 Å². The molecule has 5 N–H and O–H groups in total. The molecule has 1 fully saturated rings. The van der Waals surface area contributed by atoms with Crippen LogP contribution in [0.3, 0.4) is 0 Å². The Balaban J connectivity index is 1.16. The first-order chi connectivity index (χ1) is 28.5. The van der Waals surface area contributed by atoms with E-state index in [0.29, 0.717) is 23.9 Å². The molecule has 3 amide bonds. The molecule has 0 radical (unpaired) electrons. The van der Waals surface area contributed by atoms with Crippen molar-refractivity contribution in [3.8, 4) is 33.6 Å². The zero-order chi connectivity index (χ0) is 43.5. The molecule has 60 heavy (non-hydrogen) atoms. The highest BCUT2D eigenvalue weighted by molar-refractivity contribution is 7.89. The van der Waals surface area contributed by atoms with Gasteiger partial charge in [0.2, 0.25) is 15.9 Å². The summed E-state index contributed by atoms with van der Waals surface area (Å²) in [5, 5.41) is 16.3. The number of aromatic amines is 2. The van der Waals surface area contributed by atoms with Gasteiger partial charge in [-0.3, -0.25) is 9.69 Å². The molecule has 1 saturated heterocycles. The van der Waals surface area contributed by atoms with Crippen molar-refractivity contribution >= 4 is 28.1 Å². The number of carbonyl (C=O) groups is 3. The summed E-state index contributed by atoms with van der Waals surface area (Å²) < 4.78 is 37.4. The van der Waals surface area contributed by atoms with Gasteiger partial charge in [-0.2, -0.15) is 4.31 Å². The van der Waals surface area contributed by atoms with Gasteiger partial charge in [-0.25, -0.2) is 28.0 Å². The quantitative estimate of drug-likeness (QED) is 0.106.